The molecule has 0 aromatic carbocycles. The van der Waals surface area contributed by atoms with E-state index in [0.717, 1.165) is 43.6 Å². The predicted octanol–water partition coefficient (Wildman–Crippen LogP) is 3.04. The minimum absolute atomic E-state index is 0.258. The van der Waals surface area contributed by atoms with Gasteiger partial charge >= 0.3 is 6.09 Å². The molecule has 11 nitrogen and oxygen atoms in total. The topological polar surface area (TPSA) is 124 Å². The highest BCUT2D eigenvalue weighted by Gasteiger charge is 2.39. The molecule has 2 unspecified atom stereocenters. The van der Waals surface area contributed by atoms with Gasteiger partial charge in [0.15, 0.2) is 0 Å². The quantitative estimate of drug-likeness (QED) is 0.550. The number of carbonyl (C=O) groups is 1. The molecule has 0 aliphatic carbocycles. The number of cyclic esters (lactones) is 1. The summed E-state index contributed by atoms with van der Waals surface area (Å²) in [5, 5.41) is 20.8. The lowest BCUT2D eigenvalue weighted by molar-refractivity contribution is 0.0729. The third kappa shape index (κ3) is 5.03. The minimum atomic E-state index is -0.258. The highest BCUT2D eigenvalue weighted by Crippen LogP contribution is 2.40. The highest BCUT2D eigenvalue weighted by molar-refractivity contribution is 5.68. The van der Waals surface area contributed by atoms with Crippen LogP contribution in [-0.2, 0) is 4.74 Å². The van der Waals surface area contributed by atoms with E-state index in [9.17, 15) is 10.1 Å². The second kappa shape index (κ2) is 10.1. The second-order valence-electron chi connectivity index (χ2n) is 9.71. The van der Waals surface area contributed by atoms with Crippen LogP contribution in [0, 0.1) is 18.3 Å². The number of amides is 1. The van der Waals surface area contributed by atoms with E-state index in [1.807, 2.05) is 6.92 Å². The predicted molar refractivity (Wildman–Crippen MR) is 130 cm³/mol. The van der Waals surface area contributed by atoms with Gasteiger partial charge in [-0.25, -0.2) is 9.78 Å². The molecular formula is C24H33N9O2. The molecule has 5 heterocycles. The molecule has 2 N–H and O–H groups in total. The van der Waals surface area contributed by atoms with Gasteiger partial charge in [-0.15, -0.1) is 0 Å². The summed E-state index contributed by atoms with van der Waals surface area (Å²) < 4.78 is 7.17. The van der Waals surface area contributed by atoms with Gasteiger partial charge in [-0.2, -0.15) is 15.3 Å². The first-order valence-electron chi connectivity index (χ1n) is 12.5. The van der Waals surface area contributed by atoms with Gasteiger partial charge in [0, 0.05) is 37.9 Å². The summed E-state index contributed by atoms with van der Waals surface area (Å²) in [6.45, 7) is 4.37. The van der Waals surface area contributed by atoms with E-state index in [4.69, 9.17) is 9.84 Å². The molecule has 2 aromatic rings. The van der Waals surface area contributed by atoms with Crippen molar-refractivity contribution >= 4 is 23.5 Å². The fourth-order valence-corrected chi connectivity index (χ4v) is 5.45. The molecule has 11 heteroatoms. The van der Waals surface area contributed by atoms with Crippen LogP contribution in [0.4, 0.5) is 22.2 Å². The van der Waals surface area contributed by atoms with Crippen molar-refractivity contribution < 1.29 is 9.53 Å². The minimum Gasteiger partial charge on any atom is -0.449 e. The van der Waals surface area contributed by atoms with E-state index in [0.29, 0.717) is 55.2 Å². The van der Waals surface area contributed by atoms with Crippen molar-refractivity contribution in [1.82, 2.24) is 29.5 Å². The Labute approximate surface area is 205 Å². The van der Waals surface area contributed by atoms with E-state index in [-0.39, 0.29) is 6.09 Å². The fourth-order valence-electron chi connectivity index (χ4n) is 5.45. The van der Waals surface area contributed by atoms with Crippen LogP contribution in [0.25, 0.3) is 0 Å². The van der Waals surface area contributed by atoms with Crippen molar-refractivity contribution in [2.75, 3.05) is 43.9 Å². The summed E-state index contributed by atoms with van der Waals surface area (Å²) in [4.78, 5) is 24.9. The molecule has 1 amide bonds. The first-order valence-corrected chi connectivity index (χ1v) is 12.5. The Kier molecular flexibility index (Phi) is 6.72. The van der Waals surface area contributed by atoms with Gasteiger partial charge in [0.05, 0.1) is 30.2 Å². The van der Waals surface area contributed by atoms with Crippen molar-refractivity contribution in [2.45, 2.75) is 63.6 Å². The van der Waals surface area contributed by atoms with E-state index in [2.05, 4.69) is 49.5 Å². The zero-order chi connectivity index (χ0) is 24.4. The number of aromatic nitrogens is 4. The Balaban J connectivity index is 1.21. The number of anilines is 3. The summed E-state index contributed by atoms with van der Waals surface area (Å²) in [7, 11) is 2.25. The van der Waals surface area contributed by atoms with E-state index < -0.39 is 0 Å². The Morgan fingerprint density at radius 3 is 2.80 bits per heavy atom. The summed E-state index contributed by atoms with van der Waals surface area (Å²) in [5.74, 6) is 0.889. The third-order valence-corrected chi connectivity index (χ3v) is 7.47. The van der Waals surface area contributed by atoms with Crippen LogP contribution in [0.1, 0.15) is 55.8 Å². The van der Waals surface area contributed by atoms with Crippen LogP contribution in [0.3, 0.4) is 0 Å². The molecule has 3 aliphatic heterocycles. The smallest absolute Gasteiger partial charge is 0.409 e. The van der Waals surface area contributed by atoms with Gasteiger partial charge in [0.1, 0.15) is 17.5 Å². The number of hydrogen-bond donors (Lipinski definition) is 2. The molecule has 0 spiro atoms. The largest absolute Gasteiger partial charge is 0.449 e. The average molecular weight is 480 g/mol. The van der Waals surface area contributed by atoms with Crippen molar-refractivity contribution in [3.05, 3.63) is 23.7 Å². The van der Waals surface area contributed by atoms with E-state index in [1.54, 1.807) is 4.90 Å². The highest BCUT2D eigenvalue weighted by atomic mass is 16.6. The van der Waals surface area contributed by atoms with E-state index >= 15 is 0 Å². The summed E-state index contributed by atoms with van der Waals surface area (Å²) in [6.07, 6.45) is 9.70. The number of hydrogen-bond acceptors (Lipinski definition) is 9. The number of nitrogens with zero attached hydrogens (tertiary/aromatic N) is 7. The fraction of sp³-hybridized carbons (Fsp3) is 0.625. The normalized spacial score (nSPS) is 24.2. The molecule has 5 rings (SSSR count). The van der Waals surface area contributed by atoms with Crippen LogP contribution in [0.5, 0.6) is 0 Å². The Morgan fingerprint density at radius 2 is 2.06 bits per heavy atom. The summed E-state index contributed by atoms with van der Waals surface area (Å²) >= 11 is 0. The van der Waals surface area contributed by atoms with Crippen LogP contribution >= 0.6 is 0 Å². The van der Waals surface area contributed by atoms with Crippen molar-refractivity contribution in [3.63, 3.8) is 0 Å². The van der Waals surface area contributed by atoms with E-state index in [1.165, 1.54) is 19.0 Å². The zero-order valence-corrected chi connectivity index (χ0v) is 20.4. The molecule has 3 saturated heterocycles. The molecule has 3 aliphatic rings. The number of piperidine rings is 1. The maximum absolute atomic E-state index is 11.8. The monoisotopic (exact) mass is 479 g/mol. The number of aryl methyl sites for hydroxylation is 1. The average Bonchev–Trinajstić information content (AvgIpc) is 3.29. The van der Waals surface area contributed by atoms with Gasteiger partial charge in [-0.3, -0.25) is 4.68 Å². The maximum atomic E-state index is 11.8. The van der Waals surface area contributed by atoms with Crippen LogP contribution in [0.2, 0.25) is 0 Å². The summed E-state index contributed by atoms with van der Waals surface area (Å²) in [6, 6.07) is 3.85. The molecule has 2 atom stereocenters. The van der Waals surface area contributed by atoms with Crippen LogP contribution in [0.15, 0.2) is 12.4 Å². The van der Waals surface area contributed by atoms with Crippen LogP contribution < -0.4 is 10.6 Å². The molecular weight excluding hydrogens is 446 g/mol. The molecule has 0 radical (unpaired) electrons. The molecule has 186 valence electrons. The molecule has 2 bridgehead atoms. The Bertz CT molecular complexity index is 1100. The van der Waals surface area contributed by atoms with Gasteiger partial charge < -0.3 is 25.2 Å². The van der Waals surface area contributed by atoms with Gasteiger partial charge in [-0.05, 0) is 52.5 Å². The number of nitrogens with one attached hydrogen (secondary N) is 2. The number of nitriles is 1. The number of ether oxygens (including phenoxy) is 1. The molecule has 2 aromatic heterocycles. The number of carbonyl (C=O) groups excluding carboxylic acids is 1. The number of rotatable bonds is 8. The molecule has 0 saturated carbocycles. The second-order valence-corrected chi connectivity index (χ2v) is 9.71. The molecule has 35 heavy (non-hydrogen) atoms. The Hall–Kier alpha value is -3.39. The van der Waals surface area contributed by atoms with Crippen molar-refractivity contribution in [3.8, 4) is 6.07 Å². The lowest BCUT2D eigenvalue weighted by Gasteiger charge is -2.36. The Morgan fingerprint density at radius 1 is 1.26 bits per heavy atom. The number of fused-ring (bicyclic) bond motifs is 2. The molecule has 3 fully saturated rings. The van der Waals surface area contributed by atoms with Crippen LogP contribution in [-0.4, -0.2) is 81.0 Å². The van der Waals surface area contributed by atoms with Crippen molar-refractivity contribution in [1.29, 1.82) is 5.26 Å². The zero-order valence-electron chi connectivity index (χ0n) is 20.4. The first kappa shape index (κ1) is 23.4. The van der Waals surface area contributed by atoms with Gasteiger partial charge in [0.25, 0.3) is 0 Å². The van der Waals surface area contributed by atoms with Gasteiger partial charge in [-0.1, -0.05) is 0 Å². The first-order chi connectivity index (χ1) is 17.0. The third-order valence-electron chi connectivity index (χ3n) is 7.47. The van der Waals surface area contributed by atoms with Gasteiger partial charge in [0.2, 0.25) is 5.95 Å². The standard InChI is InChI=1S/C24H33N9O2/c1-16-21(15-33(30-16)20-11-18-5-6-19(12-20)31(18)2)28-23-27-14-17(13-25)22(29-23)26-7-3-8-32-9-4-10-35-24(32)34/h14-15,18-20H,3-12H2,1-2H3,(H2,26,27,28,29). The van der Waals surface area contributed by atoms with Crippen molar-refractivity contribution in [2.24, 2.45) is 0 Å². The lowest BCUT2D eigenvalue weighted by Crippen LogP contribution is -2.40. The maximum Gasteiger partial charge on any atom is 0.409 e. The summed E-state index contributed by atoms with van der Waals surface area (Å²) in [5.41, 5.74) is 2.14. The lowest BCUT2D eigenvalue weighted by atomic mass is 9.98. The SMILES string of the molecule is Cc1nn(C2CC3CCC(C2)N3C)cc1Nc1ncc(C#N)c(NCCCN2CCCOC2=O)n1.